The lowest BCUT2D eigenvalue weighted by molar-refractivity contribution is 0.0662. The van der Waals surface area contributed by atoms with Crippen molar-refractivity contribution in [2.24, 2.45) is 0 Å². The van der Waals surface area contributed by atoms with E-state index in [1.807, 2.05) is 32.0 Å². The van der Waals surface area contributed by atoms with Crippen LogP contribution in [0, 0.1) is 0 Å². The van der Waals surface area contributed by atoms with Crippen molar-refractivity contribution in [2.75, 3.05) is 6.61 Å². The molecule has 20 heavy (non-hydrogen) atoms. The molecular formula is C15H17NO4. The molecule has 0 spiro atoms. The maximum Gasteiger partial charge on any atom is 0.373 e. The van der Waals surface area contributed by atoms with E-state index in [2.05, 4.69) is 4.98 Å². The molecule has 2 aromatic rings. The molecule has 0 aliphatic heterocycles. The van der Waals surface area contributed by atoms with Crippen molar-refractivity contribution in [1.82, 2.24) is 4.98 Å². The summed E-state index contributed by atoms with van der Waals surface area (Å²) < 4.78 is 10.9. The van der Waals surface area contributed by atoms with Gasteiger partial charge in [0.05, 0.1) is 12.3 Å². The Kier molecular flexibility index (Phi) is 4.40. The van der Waals surface area contributed by atoms with E-state index in [9.17, 15) is 4.79 Å². The number of aromatic nitrogens is 1. The predicted molar refractivity (Wildman–Crippen MR) is 74.1 cm³/mol. The first-order valence-corrected chi connectivity index (χ1v) is 6.62. The number of rotatable bonds is 6. The molecule has 0 fully saturated rings. The zero-order valence-corrected chi connectivity index (χ0v) is 11.5. The summed E-state index contributed by atoms with van der Waals surface area (Å²) in [5.74, 6) is -0.167. The molecule has 0 bridgehead atoms. The number of nitrogens with zero attached hydrogens (tertiary/aromatic N) is 1. The molecule has 0 unspecified atom stereocenters. The number of hydrogen-bond acceptors (Lipinski definition) is 4. The fourth-order valence-corrected chi connectivity index (χ4v) is 1.82. The van der Waals surface area contributed by atoms with E-state index >= 15 is 0 Å². The largest absolute Gasteiger partial charge is 0.494 e. The van der Waals surface area contributed by atoms with Crippen molar-refractivity contribution < 1.29 is 19.1 Å². The molecule has 1 heterocycles. The highest BCUT2D eigenvalue weighted by molar-refractivity contribution is 5.86. The van der Waals surface area contributed by atoms with Gasteiger partial charge in [-0.15, -0.1) is 0 Å². The van der Waals surface area contributed by atoms with Gasteiger partial charge in [0.2, 0.25) is 11.7 Å². The standard InChI is InChI=1S/C15H17NO4/c1-3-8-19-11-7-5-6-10(9-11)14-16-12(4-2)13(20-14)15(17)18/h5-7,9H,3-4,8H2,1-2H3,(H,17,18). The van der Waals surface area contributed by atoms with Crippen LogP contribution in [0.5, 0.6) is 5.75 Å². The van der Waals surface area contributed by atoms with Gasteiger partial charge in [0.15, 0.2) is 0 Å². The van der Waals surface area contributed by atoms with Gasteiger partial charge in [-0.25, -0.2) is 9.78 Å². The minimum atomic E-state index is -1.10. The topological polar surface area (TPSA) is 72.6 Å². The van der Waals surface area contributed by atoms with Gasteiger partial charge in [-0.1, -0.05) is 19.9 Å². The first-order valence-electron chi connectivity index (χ1n) is 6.62. The highest BCUT2D eigenvalue weighted by Crippen LogP contribution is 2.26. The Balaban J connectivity index is 2.33. The molecule has 1 N–H and O–H groups in total. The zero-order valence-electron chi connectivity index (χ0n) is 11.5. The van der Waals surface area contributed by atoms with Crippen molar-refractivity contribution in [2.45, 2.75) is 26.7 Å². The van der Waals surface area contributed by atoms with E-state index < -0.39 is 5.97 Å². The maximum atomic E-state index is 11.1. The van der Waals surface area contributed by atoms with Crippen LogP contribution in [0.15, 0.2) is 28.7 Å². The fraction of sp³-hybridized carbons (Fsp3) is 0.333. The van der Waals surface area contributed by atoms with Crippen LogP contribution in [0.25, 0.3) is 11.5 Å². The third kappa shape index (κ3) is 2.99. The third-order valence-electron chi connectivity index (χ3n) is 2.78. The lowest BCUT2D eigenvalue weighted by atomic mass is 10.2. The van der Waals surface area contributed by atoms with E-state index in [-0.39, 0.29) is 5.76 Å². The van der Waals surface area contributed by atoms with Crippen LogP contribution in [0.3, 0.4) is 0 Å². The summed E-state index contributed by atoms with van der Waals surface area (Å²) in [4.78, 5) is 15.3. The van der Waals surface area contributed by atoms with Crippen LogP contribution >= 0.6 is 0 Å². The van der Waals surface area contributed by atoms with Crippen LogP contribution in [-0.2, 0) is 6.42 Å². The Labute approximate surface area is 117 Å². The Morgan fingerprint density at radius 3 is 2.80 bits per heavy atom. The number of oxazole rings is 1. The number of carboxylic acid groups (broad SMARTS) is 1. The molecule has 0 saturated heterocycles. The van der Waals surface area contributed by atoms with Crippen molar-refractivity contribution >= 4 is 5.97 Å². The number of ether oxygens (including phenoxy) is 1. The van der Waals surface area contributed by atoms with Gasteiger partial charge in [0.25, 0.3) is 0 Å². The molecule has 106 valence electrons. The highest BCUT2D eigenvalue weighted by atomic mass is 16.5. The Morgan fingerprint density at radius 1 is 1.40 bits per heavy atom. The van der Waals surface area contributed by atoms with Gasteiger partial charge < -0.3 is 14.3 Å². The van der Waals surface area contributed by atoms with E-state index in [1.165, 1.54) is 0 Å². The minimum Gasteiger partial charge on any atom is -0.494 e. The summed E-state index contributed by atoms with van der Waals surface area (Å²) in [6.45, 7) is 4.51. The number of aryl methyl sites for hydroxylation is 1. The molecule has 0 saturated carbocycles. The van der Waals surface area contributed by atoms with Gasteiger partial charge >= 0.3 is 5.97 Å². The van der Waals surface area contributed by atoms with Crippen LogP contribution in [0.2, 0.25) is 0 Å². The molecule has 0 radical (unpaired) electrons. The van der Waals surface area contributed by atoms with Gasteiger partial charge in [-0.3, -0.25) is 0 Å². The monoisotopic (exact) mass is 275 g/mol. The minimum absolute atomic E-state index is 0.0950. The second kappa shape index (κ2) is 6.23. The van der Waals surface area contributed by atoms with Crippen molar-refractivity contribution in [3.8, 4) is 17.2 Å². The molecule has 0 aliphatic carbocycles. The molecular weight excluding hydrogens is 258 g/mol. The van der Waals surface area contributed by atoms with Gasteiger partial charge in [-0.05, 0) is 31.0 Å². The Bertz CT molecular complexity index is 604. The summed E-state index contributed by atoms with van der Waals surface area (Å²) >= 11 is 0. The summed E-state index contributed by atoms with van der Waals surface area (Å²) in [6, 6.07) is 7.29. The predicted octanol–water partition coefficient (Wildman–Crippen LogP) is 3.39. The number of hydrogen-bond donors (Lipinski definition) is 1. The van der Waals surface area contributed by atoms with Gasteiger partial charge in [0, 0.05) is 5.56 Å². The van der Waals surface area contributed by atoms with Gasteiger partial charge in [-0.2, -0.15) is 0 Å². The summed E-state index contributed by atoms with van der Waals surface area (Å²) in [7, 11) is 0. The van der Waals surface area contributed by atoms with Crippen molar-refractivity contribution in [3.05, 3.63) is 35.7 Å². The Hall–Kier alpha value is -2.30. The smallest absolute Gasteiger partial charge is 0.373 e. The number of carboxylic acids is 1. The average molecular weight is 275 g/mol. The second-order valence-electron chi connectivity index (χ2n) is 4.33. The van der Waals surface area contributed by atoms with E-state index in [0.29, 0.717) is 30.2 Å². The van der Waals surface area contributed by atoms with E-state index in [0.717, 1.165) is 12.2 Å². The molecule has 0 atom stereocenters. The van der Waals surface area contributed by atoms with Crippen LogP contribution in [0.4, 0.5) is 0 Å². The lowest BCUT2D eigenvalue weighted by Crippen LogP contribution is -1.98. The summed E-state index contributed by atoms with van der Waals surface area (Å²) in [6.07, 6.45) is 1.43. The first-order chi connectivity index (χ1) is 9.65. The zero-order chi connectivity index (χ0) is 14.5. The SMILES string of the molecule is CCCOc1cccc(-c2nc(CC)c(C(=O)O)o2)c1. The van der Waals surface area contributed by atoms with Crippen LogP contribution < -0.4 is 4.74 Å². The maximum absolute atomic E-state index is 11.1. The second-order valence-corrected chi connectivity index (χ2v) is 4.33. The molecule has 0 aliphatic rings. The van der Waals surface area contributed by atoms with E-state index in [4.69, 9.17) is 14.3 Å². The third-order valence-corrected chi connectivity index (χ3v) is 2.78. The van der Waals surface area contributed by atoms with Crippen molar-refractivity contribution in [3.63, 3.8) is 0 Å². The normalized spacial score (nSPS) is 10.5. The molecule has 2 rings (SSSR count). The van der Waals surface area contributed by atoms with Gasteiger partial charge in [0.1, 0.15) is 5.75 Å². The first kappa shape index (κ1) is 14.1. The summed E-state index contributed by atoms with van der Waals surface area (Å²) in [5.41, 5.74) is 1.16. The highest BCUT2D eigenvalue weighted by Gasteiger charge is 2.19. The number of aromatic carboxylic acids is 1. The molecule has 0 amide bonds. The van der Waals surface area contributed by atoms with Crippen LogP contribution in [0.1, 0.15) is 36.5 Å². The number of carbonyl (C=O) groups is 1. The van der Waals surface area contributed by atoms with Crippen molar-refractivity contribution in [1.29, 1.82) is 0 Å². The number of benzene rings is 1. The molecule has 5 nitrogen and oxygen atoms in total. The molecule has 5 heteroatoms. The average Bonchev–Trinajstić information content (AvgIpc) is 2.90. The fourth-order valence-electron chi connectivity index (χ4n) is 1.82. The van der Waals surface area contributed by atoms with E-state index in [1.54, 1.807) is 6.07 Å². The quantitative estimate of drug-likeness (QED) is 0.874. The Morgan fingerprint density at radius 2 is 2.20 bits per heavy atom. The molecule has 1 aromatic carbocycles. The summed E-state index contributed by atoms with van der Waals surface area (Å²) in [5, 5.41) is 9.07. The van der Waals surface area contributed by atoms with Crippen LogP contribution in [-0.4, -0.2) is 22.7 Å². The lowest BCUT2D eigenvalue weighted by Gasteiger charge is -2.04. The molecule has 1 aromatic heterocycles.